The molecule has 0 saturated heterocycles. The SMILES string of the molecule is CC(=O)c1ccn(C(F)F)c1. The van der Waals surface area contributed by atoms with Crippen molar-refractivity contribution in [2.24, 2.45) is 0 Å². The standard InChI is InChI=1S/C7H7F2NO/c1-5(11)6-2-3-10(4-6)7(8)9/h2-4,7H,1H3. The summed E-state index contributed by atoms with van der Waals surface area (Å²) >= 11 is 0. The maximum Gasteiger partial charge on any atom is 0.318 e. The lowest BCUT2D eigenvalue weighted by Crippen LogP contribution is -1.94. The molecule has 4 heteroatoms. The van der Waals surface area contributed by atoms with Crippen LogP contribution < -0.4 is 0 Å². The molecule has 0 aromatic carbocycles. The van der Waals surface area contributed by atoms with Crippen LogP contribution in [0.4, 0.5) is 8.78 Å². The van der Waals surface area contributed by atoms with Crippen molar-refractivity contribution in [1.29, 1.82) is 0 Å². The Hall–Kier alpha value is -1.19. The van der Waals surface area contributed by atoms with E-state index in [2.05, 4.69) is 0 Å². The Morgan fingerprint density at radius 1 is 1.64 bits per heavy atom. The molecule has 0 aliphatic carbocycles. The number of nitrogens with zero attached hydrogens (tertiary/aromatic N) is 1. The topological polar surface area (TPSA) is 22.0 Å². The van der Waals surface area contributed by atoms with Crippen molar-refractivity contribution < 1.29 is 13.6 Å². The van der Waals surface area contributed by atoms with Crippen LogP contribution in [0.5, 0.6) is 0 Å². The zero-order chi connectivity index (χ0) is 8.43. The number of aromatic nitrogens is 1. The predicted octanol–water partition coefficient (Wildman–Crippen LogP) is 2.09. The Labute approximate surface area is 62.4 Å². The van der Waals surface area contributed by atoms with Gasteiger partial charge in [-0.15, -0.1) is 0 Å². The van der Waals surface area contributed by atoms with Crippen molar-refractivity contribution in [2.45, 2.75) is 13.5 Å². The van der Waals surface area contributed by atoms with Gasteiger partial charge in [0.05, 0.1) is 0 Å². The lowest BCUT2D eigenvalue weighted by molar-refractivity contribution is 0.0705. The third-order valence-electron chi connectivity index (χ3n) is 1.35. The van der Waals surface area contributed by atoms with Gasteiger partial charge >= 0.3 is 6.55 Å². The summed E-state index contributed by atoms with van der Waals surface area (Å²) in [5.41, 5.74) is 0.310. The van der Waals surface area contributed by atoms with Crippen molar-refractivity contribution in [3.63, 3.8) is 0 Å². The van der Waals surface area contributed by atoms with Gasteiger partial charge in [-0.25, -0.2) is 0 Å². The van der Waals surface area contributed by atoms with E-state index in [0.717, 1.165) is 6.20 Å². The van der Waals surface area contributed by atoms with Crippen LogP contribution in [0.15, 0.2) is 18.5 Å². The molecule has 0 spiro atoms. The molecule has 0 aliphatic rings. The fourth-order valence-electron chi connectivity index (χ4n) is 0.743. The molecule has 0 amide bonds. The molecule has 1 rings (SSSR count). The van der Waals surface area contributed by atoms with Crippen molar-refractivity contribution in [2.75, 3.05) is 0 Å². The van der Waals surface area contributed by atoms with Crippen LogP contribution in [0.2, 0.25) is 0 Å². The van der Waals surface area contributed by atoms with Crippen molar-refractivity contribution in [1.82, 2.24) is 4.57 Å². The lowest BCUT2D eigenvalue weighted by Gasteiger charge is -1.96. The van der Waals surface area contributed by atoms with Crippen molar-refractivity contribution >= 4 is 5.78 Å². The second-order valence-electron chi connectivity index (χ2n) is 2.18. The number of alkyl halides is 2. The first-order valence-electron chi connectivity index (χ1n) is 3.08. The molecule has 0 N–H and O–H groups in total. The maximum absolute atomic E-state index is 11.9. The lowest BCUT2D eigenvalue weighted by atomic mass is 10.2. The molecule has 11 heavy (non-hydrogen) atoms. The van der Waals surface area contributed by atoms with Gasteiger partial charge < -0.3 is 0 Å². The molecule has 0 bridgehead atoms. The molecule has 0 radical (unpaired) electrons. The first-order valence-corrected chi connectivity index (χ1v) is 3.08. The summed E-state index contributed by atoms with van der Waals surface area (Å²) in [4.78, 5) is 10.6. The first-order chi connectivity index (χ1) is 5.11. The highest BCUT2D eigenvalue weighted by molar-refractivity contribution is 5.93. The number of carbonyl (C=O) groups is 1. The van der Waals surface area contributed by atoms with Gasteiger partial charge in [0.15, 0.2) is 5.78 Å². The first kappa shape index (κ1) is 7.91. The van der Waals surface area contributed by atoms with Crippen molar-refractivity contribution in [3.8, 4) is 0 Å². The number of hydrogen-bond donors (Lipinski definition) is 0. The number of halogens is 2. The van der Waals surface area contributed by atoms with Crippen LogP contribution >= 0.6 is 0 Å². The maximum atomic E-state index is 11.9. The van der Waals surface area contributed by atoms with Gasteiger partial charge in [0.1, 0.15) is 0 Å². The van der Waals surface area contributed by atoms with Gasteiger partial charge in [0.2, 0.25) is 0 Å². The van der Waals surface area contributed by atoms with E-state index in [1.54, 1.807) is 0 Å². The minimum atomic E-state index is -2.57. The van der Waals surface area contributed by atoms with Crippen molar-refractivity contribution in [3.05, 3.63) is 24.0 Å². The van der Waals surface area contributed by atoms with E-state index in [-0.39, 0.29) is 5.78 Å². The van der Waals surface area contributed by atoms with Gasteiger partial charge in [0, 0.05) is 18.0 Å². The number of rotatable bonds is 2. The summed E-state index contributed by atoms with van der Waals surface area (Å²) in [6.45, 7) is -1.23. The smallest absolute Gasteiger partial charge is 0.298 e. The quantitative estimate of drug-likeness (QED) is 0.605. The Morgan fingerprint density at radius 3 is 2.55 bits per heavy atom. The highest BCUT2D eigenvalue weighted by Gasteiger charge is 2.07. The number of carbonyl (C=O) groups excluding carboxylic acids is 1. The summed E-state index contributed by atoms with van der Waals surface area (Å²) in [7, 11) is 0. The molecular weight excluding hydrogens is 152 g/mol. The van der Waals surface area contributed by atoms with Gasteiger partial charge in [-0.3, -0.25) is 9.36 Å². The molecule has 0 fully saturated rings. The minimum Gasteiger partial charge on any atom is -0.298 e. The fraction of sp³-hybridized carbons (Fsp3) is 0.286. The van der Waals surface area contributed by atoms with E-state index < -0.39 is 6.55 Å². The van der Waals surface area contributed by atoms with Gasteiger partial charge in [0.25, 0.3) is 0 Å². The fourth-order valence-corrected chi connectivity index (χ4v) is 0.743. The number of ketones is 1. The third-order valence-corrected chi connectivity index (χ3v) is 1.35. The Balaban J connectivity index is 2.90. The molecule has 1 heterocycles. The average molecular weight is 159 g/mol. The second-order valence-corrected chi connectivity index (χ2v) is 2.18. The van der Waals surface area contributed by atoms with E-state index in [9.17, 15) is 13.6 Å². The highest BCUT2D eigenvalue weighted by Crippen LogP contribution is 2.12. The Bertz CT molecular complexity index is 267. The molecule has 1 aromatic heterocycles. The zero-order valence-electron chi connectivity index (χ0n) is 5.92. The monoisotopic (exact) mass is 159 g/mol. The largest absolute Gasteiger partial charge is 0.318 e. The van der Waals surface area contributed by atoms with Crippen LogP contribution in [0, 0.1) is 0 Å². The zero-order valence-corrected chi connectivity index (χ0v) is 5.92. The van der Waals surface area contributed by atoms with Crippen LogP contribution in [0.3, 0.4) is 0 Å². The summed E-state index contributed by atoms with van der Waals surface area (Å²) in [5, 5.41) is 0. The molecule has 0 unspecified atom stereocenters. The number of hydrogen-bond acceptors (Lipinski definition) is 1. The molecule has 0 aliphatic heterocycles. The van der Waals surface area contributed by atoms with E-state index >= 15 is 0 Å². The molecular formula is C7H7F2NO. The van der Waals surface area contributed by atoms with Crippen LogP contribution in [-0.2, 0) is 0 Å². The van der Waals surface area contributed by atoms with Gasteiger partial charge in [-0.2, -0.15) is 8.78 Å². The van der Waals surface area contributed by atoms with E-state index in [4.69, 9.17) is 0 Å². The van der Waals surface area contributed by atoms with Gasteiger partial charge in [-0.05, 0) is 13.0 Å². The summed E-state index contributed by atoms with van der Waals surface area (Å²) < 4.78 is 24.5. The second kappa shape index (κ2) is 2.82. The predicted molar refractivity (Wildman–Crippen MR) is 35.7 cm³/mol. The molecule has 0 saturated carbocycles. The number of Topliss-reactive ketones (excluding diaryl/α,β-unsaturated/α-hetero) is 1. The molecule has 0 atom stereocenters. The van der Waals surface area contributed by atoms with E-state index in [1.165, 1.54) is 19.2 Å². The average Bonchev–Trinajstić information content (AvgIpc) is 2.33. The summed E-state index contributed by atoms with van der Waals surface area (Å²) in [5.74, 6) is -0.204. The normalized spacial score (nSPS) is 10.5. The summed E-state index contributed by atoms with van der Waals surface area (Å²) in [6.07, 6.45) is 2.31. The van der Waals surface area contributed by atoms with E-state index in [1.807, 2.05) is 0 Å². The third kappa shape index (κ3) is 1.63. The Morgan fingerprint density at radius 2 is 2.27 bits per heavy atom. The Kier molecular flexibility index (Phi) is 2.03. The van der Waals surface area contributed by atoms with Gasteiger partial charge in [-0.1, -0.05) is 0 Å². The minimum absolute atomic E-state index is 0.204. The van der Waals surface area contributed by atoms with Crippen LogP contribution in [0.1, 0.15) is 23.8 Å². The van der Waals surface area contributed by atoms with Crippen LogP contribution in [-0.4, -0.2) is 10.4 Å². The summed E-state index contributed by atoms with van der Waals surface area (Å²) in [6, 6.07) is 1.37. The van der Waals surface area contributed by atoms with E-state index in [0.29, 0.717) is 10.1 Å². The molecule has 60 valence electrons. The van der Waals surface area contributed by atoms with Crippen LogP contribution in [0.25, 0.3) is 0 Å². The molecule has 1 aromatic rings. The highest BCUT2D eigenvalue weighted by atomic mass is 19.3. The molecule has 2 nitrogen and oxygen atoms in total.